The Morgan fingerprint density at radius 2 is 1.15 bits per heavy atom. The van der Waals surface area contributed by atoms with Crippen molar-refractivity contribution < 1.29 is 103 Å². The first-order valence-corrected chi connectivity index (χ1v) is 38.5. The van der Waals surface area contributed by atoms with Gasteiger partial charge >= 0.3 is 0 Å². The van der Waals surface area contributed by atoms with E-state index in [0.717, 1.165) is 105 Å². The molecule has 1 aliphatic heterocycles. The number of hydrogen-bond acceptors (Lipinski definition) is 13. The standard InChI is InChI=1S/C27H29N3O.C21H29N3O.C21H23NOS.C19H25NO2.Co.2Ir.Pt/c1-27(14-16-30(17-15-27)21-8-4-3-5-9-21)19-20-12-13-23-24(18-20)29(2)26(28-23)22-10-6-7-11-25(22)31;1-3-4-5-11-17(21(2)13-8-9-14-21)20-23-15-22-19(24-20)16-10-6-7-12-18(16)25;1-2-21(11-5-6-12-21)14-15-9-10-18(23)16(13-15)20-22-17-7-3-4-8-19(17)24-20;1-13-8-14(2)10-19(3,9-13)11-15-12-20-18(22-15)16-6-4-5-7-17(16)21;;;;/h3-13,18,31H,14-17,19H2,1-2H3;6-7,10,12,15,17,25H,3-5,8-9,11,13-14H2,1-2H3;3-4,7-10,13,23H,2,5-6,11-12,14H2,1H3;4-7,12-14,21H,8-11H2,1-3H3;;;;. The number of fused-ring (bicyclic) bond motifs is 2. The van der Waals surface area contributed by atoms with Crippen molar-refractivity contribution in [3.05, 3.63) is 199 Å². The summed E-state index contributed by atoms with van der Waals surface area (Å²) in [5.41, 5.74) is 11.4. The Labute approximate surface area is 684 Å². The molecule has 3 unspecified atom stereocenters. The van der Waals surface area contributed by atoms with Crippen LogP contribution in [0.5, 0.6) is 23.0 Å². The summed E-state index contributed by atoms with van der Waals surface area (Å²) < 4.78 is 9.17. The Kier molecular flexibility index (Phi) is 31.2. The molecule has 15 rings (SSSR count). The van der Waals surface area contributed by atoms with Crippen molar-refractivity contribution in [1.82, 2.24) is 34.5 Å². The maximum absolute atomic E-state index is 10.4. The van der Waals surface area contributed by atoms with Crippen LogP contribution in [0.2, 0.25) is 0 Å². The maximum atomic E-state index is 10.4. The molecule has 13 nitrogen and oxygen atoms in total. The van der Waals surface area contributed by atoms with E-state index in [0.29, 0.717) is 45.3 Å². The topological polar surface area (TPSA) is 180 Å². The number of unbranched alkanes of at least 4 members (excludes halogenated alkanes) is 2. The van der Waals surface area contributed by atoms with Gasteiger partial charge in [-0.3, -0.25) is 0 Å². The number of thiazole rings is 1. The average molecular weight is 2030 g/mol. The number of phenols is 4. The normalized spacial score (nSPS) is 18.5. The molecule has 4 N–H and O–H groups in total. The molecule has 5 heterocycles. The third-order valence-corrected chi connectivity index (χ3v) is 24.0. The van der Waals surface area contributed by atoms with E-state index in [1.807, 2.05) is 86.0 Å². The first kappa shape index (κ1) is 85.2. The number of oxazole rings is 1. The number of aryl methyl sites for hydroxylation is 1. The predicted molar refractivity (Wildman–Crippen MR) is 417 cm³/mol. The Balaban J connectivity index is 0.000000178. The monoisotopic (exact) mass is 2030 g/mol. The number of imidazole rings is 1. The van der Waals surface area contributed by atoms with Crippen molar-refractivity contribution in [1.29, 1.82) is 0 Å². The Bertz CT molecular complexity index is 4530. The van der Waals surface area contributed by atoms with Gasteiger partial charge in [0.05, 0.1) is 49.7 Å². The second kappa shape index (κ2) is 38.8. The van der Waals surface area contributed by atoms with Crippen molar-refractivity contribution in [2.24, 2.45) is 40.5 Å². The molecule has 571 valence electrons. The summed E-state index contributed by atoms with van der Waals surface area (Å²) in [7, 11) is 2.03. The van der Waals surface area contributed by atoms with Crippen LogP contribution in [0.25, 0.3) is 66.1 Å². The number of phenolic OH excluding ortho intramolecular Hbond substituents is 4. The van der Waals surface area contributed by atoms with E-state index < -0.39 is 0 Å². The van der Waals surface area contributed by atoms with Gasteiger partial charge in [0.15, 0.2) is 5.82 Å². The molecular weight excluding hydrogens is 1920 g/mol. The van der Waals surface area contributed by atoms with Crippen molar-refractivity contribution in [2.45, 2.75) is 189 Å². The summed E-state index contributed by atoms with van der Waals surface area (Å²) in [6, 6.07) is 53.4. The zero-order chi connectivity index (χ0) is 71.4. The molecule has 3 aliphatic carbocycles. The minimum atomic E-state index is 0. The van der Waals surface area contributed by atoms with E-state index >= 15 is 0 Å². The van der Waals surface area contributed by atoms with Crippen molar-refractivity contribution >= 4 is 38.3 Å². The summed E-state index contributed by atoms with van der Waals surface area (Å²) in [4.78, 5) is 30.0. The van der Waals surface area contributed by atoms with Crippen LogP contribution in [0.4, 0.5) is 5.69 Å². The fraction of sp³-hybridized carbons (Fsp3) is 0.432. The summed E-state index contributed by atoms with van der Waals surface area (Å²) in [6.45, 7) is 18.7. The second-order valence-corrected chi connectivity index (χ2v) is 32.3. The number of piperidine rings is 1. The number of aromatic nitrogens is 7. The molecule has 1 saturated heterocycles. The van der Waals surface area contributed by atoms with Gasteiger partial charge in [0.25, 0.3) is 0 Å². The molecule has 4 aliphatic rings. The van der Waals surface area contributed by atoms with Crippen LogP contribution in [0, 0.1) is 33.5 Å². The number of nitrogens with zero attached hydrogens (tertiary/aromatic N) is 8. The zero-order valence-electron chi connectivity index (χ0n) is 62.7. The number of rotatable bonds is 18. The van der Waals surface area contributed by atoms with Crippen LogP contribution in [0.1, 0.15) is 193 Å². The van der Waals surface area contributed by atoms with Gasteiger partial charge in [-0.1, -0.05) is 179 Å². The molecule has 18 heteroatoms. The Hall–Kier alpha value is -6.39. The molecule has 3 radical (unpaired) electrons. The minimum Gasteiger partial charge on any atom is -0.507 e. The fourth-order valence-corrected chi connectivity index (χ4v) is 18.5. The van der Waals surface area contributed by atoms with Crippen LogP contribution in [-0.4, -0.2) is 68.0 Å². The molecule has 0 amide bonds. The van der Waals surface area contributed by atoms with E-state index in [-0.39, 0.29) is 106 Å². The first-order valence-electron chi connectivity index (χ1n) is 37.7. The van der Waals surface area contributed by atoms with Gasteiger partial charge in [-0.25, -0.2) is 29.9 Å². The van der Waals surface area contributed by atoms with E-state index in [2.05, 4.69) is 140 Å². The van der Waals surface area contributed by atoms with E-state index in [4.69, 9.17) is 19.4 Å². The number of aromatic hydroxyl groups is 4. The molecule has 7 aromatic carbocycles. The quantitative estimate of drug-likeness (QED) is 0.0598. The first-order chi connectivity index (χ1) is 49.3. The second-order valence-electron chi connectivity index (χ2n) is 31.3. The van der Waals surface area contributed by atoms with Gasteiger partial charge in [-0.2, -0.15) is 0 Å². The van der Waals surface area contributed by atoms with E-state index in [1.54, 1.807) is 41.9 Å². The minimum absolute atomic E-state index is 0. The number of para-hydroxylation sites is 5. The van der Waals surface area contributed by atoms with Crippen LogP contribution >= 0.6 is 11.3 Å². The summed E-state index contributed by atoms with van der Waals surface area (Å²) >= 11 is 1.65. The number of benzene rings is 7. The van der Waals surface area contributed by atoms with Gasteiger partial charge in [0, 0.05) is 116 Å². The largest absolute Gasteiger partial charge is 0.507 e. The average Bonchev–Trinajstić information content (AvgIpc) is 1.63. The van der Waals surface area contributed by atoms with Crippen LogP contribution in [0.15, 0.2) is 181 Å². The Morgan fingerprint density at radius 3 is 1.79 bits per heavy atom. The maximum Gasteiger partial charge on any atom is 0.229 e. The molecule has 4 aromatic heterocycles. The molecule has 0 spiro atoms. The van der Waals surface area contributed by atoms with E-state index in [1.165, 1.54) is 126 Å². The van der Waals surface area contributed by atoms with Gasteiger partial charge in [-0.05, 0) is 207 Å². The van der Waals surface area contributed by atoms with E-state index in [9.17, 15) is 20.4 Å². The van der Waals surface area contributed by atoms with Gasteiger partial charge in [0.2, 0.25) is 5.89 Å². The summed E-state index contributed by atoms with van der Waals surface area (Å²) in [5, 5.41) is 41.6. The van der Waals surface area contributed by atoms with Crippen molar-refractivity contribution in [3.8, 4) is 67.8 Å². The molecule has 0 bridgehead atoms. The molecule has 3 atom stereocenters. The third-order valence-electron chi connectivity index (χ3n) is 22.9. The van der Waals surface area contributed by atoms with Crippen LogP contribution in [0.3, 0.4) is 0 Å². The molecular formula is C88H106CoIr2N8O5PtS. The molecule has 106 heavy (non-hydrogen) atoms. The number of hydrogen-bond donors (Lipinski definition) is 4. The number of anilines is 1. The molecule has 11 aromatic rings. The Morgan fingerprint density at radius 1 is 0.566 bits per heavy atom. The zero-order valence-corrected chi connectivity index (χ0v) is 71.7. The molecule has 4 fully saturated rings. The SMILES string of the molecule is CC1CC(C)CC(C)(Cc2cnc(-c3ccccc3O)o2)C1.CCC1(Cc2ccc(O)c(-c3nc4ccccc4s3)c2)CCCC1.CCCCCC(c1ncnc(-c2ccccc2O)n1)C1(C)CCCC1.Cn1c(-c2ccccc2O)nc2ccc(CC3(C)CCN(c4ccccc4)CC3)cc21.[Co].[Ir].[Ir].[Pt]. The van der Waals surface area contributed by atoms with Crippen LogP contribution < -0.4 is 4.90 Å². The summed E-state index contributed by atoms with van der Waals surface area (Å²) in [5.74, 6) is 6.63. The molecule has 3 saturated carbocycles. The fourth-order valence-electron chi connectivity index (χ4n) is 17.5. The van der Waals surface area contributed by atoms with Gasteiger partial charge in [-0.15, -0.1) is 11.3 Å². The van der Waals surface area contributed by atoms with Crippen molar-refractivity contribution in [2.75, 3.05) is 18.0 Å². The van der Waals surface area contributed by atoms with Crippen molar-refractivity contribution in [3.63, 3.8) is 0 Å². The van der Waals surface area contributed by atoms with Crippen LogP contribution in [-0.2, 0) is 104 Å². The smallest absolute Gasteiger partial charge is 0.229 e. The predicted octanol–water partition coefficient (Wildman–Crippen LogP) is 22.5. The third kappa shape index (κ3) is 21.1. The summed E-state index contributed by atoms with van der Waals surface area (Å²) in [6.07, 6.45) is 29.3. The van der Waals surface area contributed by atoms with Gasteiger partial charge in [0.1, 0.15) is 51.7 Å². The van der Waals surface area contributed by atoms with Gasteiger partial charge < -0.3 is 34.3 Å².